The highest BCUT2D eigenvalue weighted by atomic mass is 32.1. The first-order chi connectivity index (χ1) is 22.2. The molecule has 0 aliphatic carbocycles. The monoisotopic (exact) mass is 686 g/mol. The number of amidine groups is 1. The van der Waals surface area contributed by atoms with Crippen molar-refractivity contribution >= 4 is 29.1 Å². The molecule has 0 spiro atoms. The number of carbonyl (C=O) groups excluding carboxylic acids is 1. The number of aromatic nitrogens is 1. The van der Waals surface area contributed by atoms with Gasteiger partial charge in [-0.25, -0.2) is 14.2 Å². The molecule has 2 N–H and O–H groups in total. The summed E-state index contributed by atoms with van der Waals surface area (Å²) >= 11 is 1.13. The third-order valence-electron chi connectivity index (χ3n) is 7.35. The second kappa shape index (κ2) is 13.4. The standard InChI is InChI=1S/C30H25F7N4O5S/c1-2-46-28(44)23-21(13-41-6-7-45-14-22(41)27(42)43)39-25(26-38-5-8-47-26)40-24(23)19-4-3-18(31)12-20(19)15-9-16(29(32,33)34)11-17(10-15)30(35,36)37/h3-5,8-12,22,24H,2,6-7,13-14H2,1H3,(H,39,40)(H,42,43). The Hall–Kier alpha value is -4.35. The first kappa shape index (κ1) is 34.0. The van der Waals surface area contributed by atoms with E-state index >= 15 is 0 Å². The van der Waals surface area contributed by atoms with Crippen molar-refractivity contribution in [1.29, 1.82) is 0 Å². The molecule has 2 atom stereocenters. The zero-order chi connectivity index (χ0) is 34.1. The molecule has 1 fully saturated rings. The van der Waals surface area contributed by atoms with E-state index < -0.39 is 64.4 Å². The van der Waals surface area contributed by atoms with Gasteiger partial charge in [0.2, 0.25) is 0 Å². The van der Waals surface area contributed by atoms with Crippen LogP contribution in [0.15, 0.2) is 64.2 Å². The van der Waals surface area contributed by atoms with Crippen LogP contribution < -0.4 is 5.32 Å². The Kier molecular flexibility index (Phi) is 9.70. The van der Waals surface area contributed by atoms with Gasteiger partial charge in [0, 0.05) is 30.4 Å². The van der Waals surface area contributed by atoms with Crippen molar-refractivity contribution in [3.8, 4) is 11.1 Å². The minimum Gasteiger partial charge on any atom is -0.480 e. The van der Waals surface area contributed by atoms with Gasteiger partial charge in [-0.2, -0.15) is 26.3 Å². The topological polar surface area (TPSA) is 113 Å². The number of aliphatic imine (C=N–C) groups is 1. The van der Waals surface area contributed by atoms with Crippen LogP contribution in [0, 0.1) is 5.82 Å². The van der Waals surface area contributed by atoms with E-state index in [0.29, 0.717) is 17.1 Å². The number of halogens is 7. The van der Waals surface area contributed by atoms with Gasteiger partial charge in [-0.15, -0.1) is 11.3 Å². The third kappa shape index (κ3) is 7.47. The molecule has 17 heteroatoms. The van der Waals surface area contributed by atoms with Gasteiger partial charge in [-0.3, -0.25) is 14.7 Å². The SMILES string of the molecule is CCOC(=O)C1=C(CN2CCOCC2C(=O)O)NC(c2nccs2)=NC1c1ccc(F)cc1-c1cc(C(F)(F)F)cc(C(F)(F)F)c1. The lowest BCUT2D eigenvalue weighted by molar-refractivity contribution is -0.149. The number of nitrogens with one attached hydrogen (secondary N) is 1. The van der Waals surface area contributed by atoms with E-state index in [1.165, 1.54) is 18.0 Å². The number of nitrogens with zero attached hydrogens (tertiary/aromatic N) is 3. The average Bonchev–Trinajstić information content (AvgIpc) is 3.55. The number of ether oxygens (including phenoxy) is 2. The number of aliphatic carboxylic acids is 1. The fourth-order valence-corrected chi connectivity index (χ4v) is 5.82. The van der Waals surface area contributed by atoms with Crippen molar-refractivity contribution < 1.29 is 54.9 Å². The second-order valence-electron chi connectivity index (χ2n) is 10.4. The van der Waals surface area contributed by atoms with E-state index in [0.717, 1.165) is 29.5 Å². The van der Waals surface area contributed by atoms with Gasteiger partial charge < -0.3 is 19.9 Å². The first-order valence-corrected chi connectivity index (χ1v) is 14.8. The van der Waals surface area contributed by atoms with E-state index in [9.17, 15) is 45.4 Å². The fraction of sp³-hybridized carbons (Fsp3) is 0.333. The highest BCUT2D eigenvalue weighted by molar-refractivity contribution is 7.11. The zero-order valence-electron chi connectivity index (χ0n) is 24.3. The molecule has 1 aromatic heterocycles. The Bertz CT molecular complexity index is 1690. The van der Waals surface area contributed by atoms with E-state index in [2.05, 4.69) is 15.3 Å². The Morgan fingerprint density at radius 1 is 1.11 bits per heavy atom. The van der Waals surface area contributed by atoms with Crippen LogP contribution in [-0.4, -0.2) is 71.7 Å². The smallest absolute Gasteiger partial charge is 0.416 e. The van der Waals surface area contributed by atoms with Gasteiger partial charge in [0.05, 0.1) is 36.5 Å². The molecule has 2 unspecified atom stereocenters. The maximum Gasteiger partial charge on any atom is 0.416 e. The number of carbonyl (C=O) groups is 2. The van der Waals surface area contributed by atoms with Crippen LogP contribution in [-0.2, 0) is 31.4 Å². The predicted octanol–water partition coefficient (Wildman–Crippen LogP) is 5.68. The zero-order valence-corrected chi connectivity index (χ0v) is 25.1. The molecule has 2 aromatic carbocycles. The van der Waals surface area contributed by atoms with Crippen molar-refractivity contribution in [2.24, 2.45) is 4.99 Å². The van der Waals surface area contributed by atoms with Crippen molar-refractivity contribution in [3.05, 3.63) is 86.8 Å². The maximum absolute atomic E-state index is 14.8. The largest absolute Gasteiger partial charge is 0.480 e. The van der Waals surface area contributed by atoms with Crippen LogP contribution in [0.2, 0.25) is 0 Å². The summed E-state index contributed by atoms with van der Waals surface area (Å²) in [6.45, 7) is 1.34. The summed E-state index contributed by atoms with van der Waals surface area (Å²) in [6.07, 6.45) is -8.91. The van der Waals surface area contributed by atoms with E-state index in [4.69, 9.17) is 9.47 Å². The summed E-state index contributed by atoms with van der Waals surface area (Å²) in [5.74, 6) is -3.05. The highest BCUT2D eigenvalue weighted by Crippen LogP contribution is 2.43. The van der Waals surface area contributed by atoms with Crippen LogP contribution >= 0.6 is 11.3 Å². The molecule has 0 bridgehead atoms. The van der Waals surface area contributed by atoms with Crippen molar-refractivity contribution in [3.63, 3.8) is 0 Å². The van der Waals surface area contributed by atoms with Gasteiger partial charge in [0.25, 0.3) is 0 Å². The molecule has 5 rings (SSSR count). The maximum atomic E-state index is 14.8. The van der Waals surface area contributed by atoms with E-state index in [1.807, 2.05) is 0 Å². The Morgan fingerprint density at radius 2 is 1.81 bits per heavy atom. The summed E-state index contributed by atoms with van der Waals surface area (Å²) in [5.41, 5.74) is -4.50. The molecule has 2 aliphatic rings. The molecular formula is C30H25F7N4O5S. The third-order valence-corrected chi connectivity index (χ3v) is 8.13. The minimum atomic E-state index is -5.18. The molecular weight excluding hydrogens is 661 g/mol. The molecule has 9 nitrogen and oxygen atoms in total. The highest BCUT2D eigenvalue weighted by Gasteiger charge is 2.40. The number of esters is 1. The van der Waals surface area contributed by atoms with Crippen molar-refractivity contribution in [2.45, 2.75) is 31.4 Å². The van der Waals surface area contributed by atoms with Crippen LogP contribution in [0.1, 0.15) is 34.7 Å². The summed E-state index contributed by atoms with van der Waals surface area (Å²) in [6, 6.07) is 1.10. The van der Waals surface area contributed by atoms with Gasteiger partial charge >= 0.3 is 24.3 Å². The second-order valence-corrected chi connectivity index (χ2v) is 11.3. The lowest BCUT2D eigenvalue weighted by Crippen LogP contribution is -2.52. The van der Waals surface area contributed by atoms with E-state index in [-0.39, 0.29) is 61.6 Å². The van der Waals surface area contributed by atoms with Gasteiger partial charge in [0.15, 0.2) is 10.8 Å². The quantitative estimate of drug-likeness (QED) is 0.230. The summed E-state index contributed by atoms with van der Waals surface area (Å²) in [5, 5.41) is 14.7. The Labute approximate surface area is 266 Å². The summed E-state index contributed by atoms with van der Waals surface area (Å²) < 4.78 is 108. The molecule has 250 valence electrons. The number of hydrogen-bond donors (Lipinski definition) is 2. The summed E-state index contributed by atoms with van der Waals surface area (Å²) in [7, 11) is 0. The number of thiazole rings is 1. The van der Waals surface area contributed by atoms with Crippen LogP contribution in [0.5, 0.6) is 0 Å². The molecule has 0 saturated carbocycles. The molecule has 1 saturated heterocycles. The van der Waals surface area contributed by atoms with Gasteiger partial charge in [0.1, 0.15) is 17.9 Å². The van der Waals surface area contributed by atoms with Gasteiger partial charge in [-0.05, 0) is 53.9 Å². The van der Waals surface area contributed by atoms with Crippen LogP contribution in [0.25, 0.3) is 11.1 Å². The number of carboxylic acid groups (broad SMARTS) is 1. The summed E-state index contributed by atoms with van der Waals surface area (Å²) in [4.78, 5) is 35.9. The predicted molar refractivity (Wildman–Crippen MR) is 154 cm³/mol. The minimum absolute atomic E-state index is 0.0467. The molecule has 47 heavy (non-hydrogen) atoms. The average molecular weight is 687 g/mol. The lowest BCUT2D eigenvalue weighted by atomic mass is 9.87. The van der Waals surface area contributed by atoms with Crippen molar-refractivity contribution in [1.82, 2.24) is 15.2 Å². The molecule has 3 heterocycles. The van der Waals surface area contributed by atoms with Crippen molar-refractivity contribution in [2.75, 3.05) is 32.9 Å². The Balaban J connectivity index is 1.76. The van der Waals surface area contributed by atoms with Crippen LogP contribution in [0.4, 0.5) is 30.7 Å². The number of rotatable bonds is 8. The molecule has 3 aromatic rings. The Morgan fingerprint density at radius 3 is 2.40 bits per heavy atom. The number of morpholine rings is 1. The fourth-order valence-electron chi connectivity index (χ4n) is 5.23. The van der Waals surface area contributed by atoms with Crippen LogP contribution in [0.3, 0.4) is 0 Å². The van der Waals surface area contributed by atoms with Gasteiger partial charge in [-0.1, -0.05) is 6.07 Å². The molecule has 0 radical (unpaired) electrons. The number of benzene rings is 2. The lowest BCUT2D eigenvalue weighted by Gasteiger charge is -2.36. The molecule has 0 amide bonds. The number of carboxylic acids is 1. The number of alkyl halides is 6. The molecule has 2 aliphatic heterocycles. The first-order valence-electron chi connectivity index (χ1n) is 14.0. The number of hydrogen-bond acceptors (Lipinski definition) is 9. The van der Waals surface area contributed by atoms with E-state index in [1.54, 1.807) is 5.38 Å². The normalized spacial score (nSPS) is 19.3.